The molecule has 1 amide bonds. The molecule has 26 heavy (non-hydrogen) atoms. The Bertz CT molecular complexity index is 860. The second-order valence-corrected chi connectivity index (χ2v) is 6.57. The van der Waals surface area contributed by atoms with Crippen molar-refractivity contribution in [2.24, 2.45) is 0 Å². The lowest BCUT2D eigenvalue weighted by Gasteiger charge is -2.27. The number of aromatic nitrogens is 2. The van der Waals surface area contributed by atoms with Crippen LogP contribution in [0.3, 0.4) is 0 Å². The van der Waals surface area contributed by atoms with Crippen molar-refractivity contribution < 1.29 is 4.79 Å². The summed E-state index contributed by atoms with van der Waals surface area (Å²) in [6.07, 6.45) is 2.24. The van der Waals surface area contributed by atoms with E-state index in [0.717, 1.165) is 30.6 Å². The minimum Gasteiger partial charge on any atom is -0.367 e. The summed E-state index contributed by atoms with van der Waals surface area (Å²) in [6, 6.07) is 22.4. The maximum Gasteiger partial charge on any atom is 0.269 e. The third-order valence-corrected chi connectivity index (χ3v) is 4.86. The van der Waals surface area contributed by atoms with Crippen LogP contribution in [0.25, 0.3) is 11.3 Å². The van der Waals surface area contributed by atoms with Crippen LogP contribution in [-0.4, -0.2) is 35.2 Å². The van der Waals surface area contributed by atoms with Crippen LogP contribution in [0.4, 0.5) is 5.69 Å². The van der Waals surface area contributed by atoms with Gasteiger partial charge in [-0.1, -0.05) is 48.5 Å². The van der Waals surface area contributed by atoms with Crippen LogP contribution in [0.1, 0.15) is 23.3 Å². The van der Waals surface area contributed by atoms with Gasteiger partial charge in [-0.15, -0.1) is 0 Å². The van der Waals surface area contributed by atoms with Gasteiger partial charge in [-0.25, -0.2) is 0 Å². The molecule has 2 aromatic carbocycles. The van der Waals surface area contributed by atoms with Crippen molar-refractivity contribution in [1.29, 1.82) is 0 Å². The van der Waals surface area contributed by atoms with E-state index < -0.39 is 0 Å². The molecule has 1 saturated heterocycles. The summed E-state index contributed by atoms with van der Waals surface area (Å²) in [6.45, 7) is 1.67. The highest BCUT2D eigenvalue weighted by molar-refractivity contribution is 5.93. The number of hydrogen-bond donors (Lipinski definition) is 2. The first-order valence-electron chi connectivity index (χ1n) is 9.02. The largest absolute Gasteiger partial charge is 0.367 e. The highest BCUT2D eigenvalue weighted by Crippen LogP contribution is 2.24. The Labute approximate surface area is 153 Å². The quantitative estimate of drug-likeness (QED) is 0.743. The number of benzene rings is 2. The van der Waals surface area contributed by atoms with Crippen LogP contribution in [0.5, 0.6) is 0 Å². The second kappa shape index (κ2) is 7.44. The van der Waals surface area contributed by atoms with E-state index in [9.17, 15) is 4.79 Å². The van der Waals surface area contributed by atoms with E-state index in [4.69, 9.17) is 0 Å². The summed E-state index contributed by atoms with van der Waals surface area (Å²) in [4.78, 5) is 14.9. The molecule has 5 nitrogen and oxygen atoms in total. The Balaban J connectivity index is 1.39. The SMILES string of the molecule is O=C(NCC1CCCN1c1ccccc1)c1cc(-c2ccccc2)n[nH]1. The average molecular weight is 346 g/mol. The Morgan fingerprint density at radius 2 is 1.85 bits per heavy atom. The van der Waals surface area contributed by atoms with Crippen molar-refractivity contribution in [3.05, 3.63) is 72.4 Å². The molecule has 0 saturated carbocycles. The molecule has 2 heterocycles. The molecule has 4 rings (SSSR count). The topological polar surface area (TPSA) is 61.0 Å². The van der Waals surface area contributed by atoms with Gasteiger partial charge in [-0.05, 0) is 31.0 Å². The average Bonchev–Trinajstić information content (AvgIpc) is 3.37. The number of aromatic amines is 1. The number of para-hydroxylation sites is 1. The molecule has 3 aromatic rings. The van der Waals surface area contributed by atoms with Gasteiger partial charge in [-0.2, -0.15) is 5.10 Å². The van der Waals surface area contributed by atoms with E-state index in [-0.39, 0.29) is 5.91 Å². The fraction of sp³-hybridized carbons (Fsp3) is 0.238. The predicted molar refractivity (Wildman–Crippen MR) is 103 cm³/mol. The Kier molecular flexibility index (Phi) is 4.69. The number of carbonyl (C=O) groups excluding carboxylic acids is 1. The monoisotopic (exact) mass is 346 g/mol. The van der Waals surface area contributed by atoms with Crippen molar-refractivity contribution >= 4 is 11.6 Å². The van der Waals surface area contributed by atoms with Gasteiger partial charge in [0.15, 0.2) is 0 Å². The molecule has 1 unspecified atom stereocenters. The first kappa shape index (κ1) is 16.4. The predicted octanol–water partition coefficient (Wildman–Crippen LogP) is 3.48. The van der Waals surface area contributed by atoms with Gasteiger partial charge in [0.25, 0.3) is 5.91 Å². The fourth-order valence-corrected chi connectivity index (χ4v) is 3.51. The van der Waals surface area contributed by atoms with E-state index >= 15 is 0 Å². The summed E-state index contributed by atoms with van der Waals surface area (Å²) in [7, 11) is 0. The lowest BCUT2D eigenvalue weighted by molar-refractivity contribution is 0.0946. The number of nitrogens with one attached hydrogen (secondary N) is 2. The molecule has 0 aliphatic carbocycles. The maximum absolute atomic E-state index is 12.5. The number of nitrogens with zero attached hydrogens (tertiary/aromatic N) is 2. The molecule has 1 aromatic heterocycles. The van der Waals surface area contributed by atoms with E-state index in [2.05, 4.69) is 44.7 Å². The first-order valence-corrected chi connectivity index (χ1v) is 9.02. The molecular weight excluding hydrogens is 324 g/mol. The standard InChI is InChI=1S/C21H22N4O/c26-21(20-14-19(23-24-20)16-8-3-1-4-9-16)22-15-18-12-7-13-25(18)17-10-5-2-6-11-17/h1-6,8-11,14,18H,7,12-13,15H2,(H,22,26)(H,23,24). The van der Waals surface area contributed by atoms with E-state index in [1.807, 2.05) is 36.4 Å². The summed E-state index contributed by atoms with van der Waals surface area (Å²) >= 11 is 0. The molecule has 1 aliphatic rings. The molecular formula is C21H22N4O. The molecule has 0 spiro atoms. The summed E-state index contributed by atoms with van der Waals surface area (Å²) in [5.41, 5.74) is 3.49. The zero-order valence-electron chi connectivity index (χ0n) is 14.6. The van der Waals surface area contributed by atoms with Gasteiger partial charge in [0.2, 0.25) is 0 Å². The van der Waals surface area contributed by atoms with Gasteiger partial charge < -0.3 is 10.2 Å². The number of carbonyl (C=O) groups is 1. The number of hydrogen-bond acceptors (Lipinski definition) is 3. The molecule has 2 N–H and O–H groups in total. The minimum absolute atomic E-state index is 0.111. The van der Waals surface area contributed by atoms with Crippen LogP contribution in [0, 0.1) is 0 Å². The summed E-state index contributed by atoms with van der Waals surface area (Å²) in [5, 5.41) is 10.2. The van der Waals surface area contributed by atoms with Crippen LogP contribution < -0.4 is 10.2 Å². The molecule has 132 valence electrons. The lowest BCUT2D eigenvalue weighted by atomic mass is 10.1. The van der Waals surface area contributed by atoms with Crippen LogP contribution in [0.15, 0.2) is 66.7 Å². The molecule has 1 fully saturated rings. The van der Waals surface area contributed by atoms with E-state index in [1.165, 1.54) is 5.69 Å². The number of amides is 1. The van der Waals surface area contributed by atoms with Gasteiger partial charge in [0, 0.05) is 30.4 Å². The Morgan fingerprint density at radius 3 is 2.62 bits per heavy atom. The smallest absolute Gasteiger partial charge is 0.269 e. The summed E-state index contributed by atoms with van der Waals surface area (Å²) in [5.74, 6) is -0.111. The van der Waals surface area contributed by atoms with Crippen LogP contribution in [-0.2, 0) is 0 Å². The van der Waals surface area contributed by atoms with Crippen molar-refractivity contribution in [3.63, 3.8) is 0 Å². The van der Waals surface area contributed by atoms with Crippen LogP contribution >= 0.6 is 0 Å². The Hall–Kier alpha value is -3.08. The highest BCUT2D eigenvalue weighted by atomic mass is 16.1. The van der Waals surface area contributed by atoms with E-state index in [1.54, 1.807) is 6.07 Å². The second-order valence-electron chi connectivity index (χ2n) is 6.57. The molecule has 1 atom stereocenters. The minimum atomic E-state index is -0.111. The molecule has 1 aliphatic heterocycles. The molecule has 0 bridgehead atoms. The van der Waals surface area contributed by atoms with Crippen LogP contribution in [0.2, 0.25) is 0 Å². The van der Waals surface area contributed by atoms with Crippen molar-refractivity contribution in [2.45, 2.75) is 18.9 Å². The van der Waals surface area contributed by atoms with Gasteiger partial charge in [0.1, 0.15) is 5.69 Å². The lowest BCUT2D eigenvalue weighted by Crippen LogP contribution is -2.40. The third kappa shape index (κ3) is 3.47. The first-order chi connectivity index (χ1) is 12.8. The number of anilines is 1. The maximum atomic E-state index is 12.5. The fourth-order valence-electron chi connectivity index (χ4n) is 3.51. The zero-order valence-corrected chi connectivity index (χ0v) is 14.6. The van der Waals surface area contributed by atoms with Gasteiger partial charge in [-0.3, -0.25) is 9.89 Å². The number of rotatable bonds is 5. The van der Waals surface area contributed by atoms with Crippen molar-refractivity contribution in [2.75, 3.05) is 18.0 Å². The van der Waals surface area contributed by atoms with Gasteiger partial charge >= 0.3 is 0 Å². The van der Waals surface area contributed by atoms with E-state index in [0.29, 0.717) is 18.3 Å². The Morgan fingerprint density at radius 1 is 1.12 bits per heavy atom. The molecule has 5 heteroatoms. The summed E-state index contributed by atoms with van der Waals surface area (Å²) < 4.78 is 0. The molecule has 0 radical (unpaired) electrons. The highest BCUT2D eigenvalue weighted by Gasteiger charge is 2.25. The normalized spacial score (nSPS) is 16.6. The zero-order chi connectivity index (χ0) is 17.8. The number of H-pyrrole nitrogens is 1. The van der Waals surface area contributed by atoms with Crippen molar-refractivity contribution in [3.8, 4) is 11.3 Å². The van der Waals surface area contributed by atoms with Gasteiger partial charge in [0.05, 0.1) is 5.69 Å². The third-order valence-electron chi connectivity index (χ3n) is 4.86. The van der Waals surface area contributed by atoms with Crippen molar-refractivity contribution in [1.82, 2.24) is 15.5 Å².